The number of rotatable bonds is 2. The summed E-state index contributed by atoms with van der Waals surface area (Å²) in [6, 6.07) is 5.51. The smallest absolute Gasteiger partial charge is 0.207 e. The quantitative estimate of drug-likeness (QED) is 0.834. The van der Waals surface area contributed by atoms with Crippen LogP contribution in [-0.2, 0) is 29.2 Å². The fourth-order valence-corrected chi connectivity index (χ4v) is 4.70. The van der Waals surface area contributed by atoms with E-state index in [-0.39, 0.29) is 11.4 Å². The average molecular weight is 347 g/mol. The van der Waals surface area contributed by atoms with Gasteiger partial charge in [0, 0.05) is 18.0 Å². The van der Waals surface area contributed by atoms with Crippen LogP contribution in [0.25, 0.3) is 0 Å². The number of nitrogens with zero attached hydrogens (tertiary/aromatic N) is 1. The third kappa shape index (κ3) is 2.78. The Bertz CT molecular complexity index is 779. The molecule has 0 N–H and O–H groups in total. The van der Waals surface area contributed by atoms with Crippen LogP contribution in [0.4, 0.5) is 13.2 Å². The van der Waals surface area contributed by atoms with Crippen molar-refractivity contribution in [3.8, 4) is 0 Å². The van der Waals surface area contributed by atoms with Gasteiger partial charge in [0.15, 0.2) is 0 Å². The van der Waals surface area contributed by atoms with Crippen molar-refractivity contribution in [2.24, 2.45) is 0 Å². The van der Waals surface area contributed by atoms with Gasteiger partial charge in [0.2, 0.25) is 10.0 Å². The average Bonchev–Trinajstić information content (AvgIpc) is 2.94. The molecule has 0 radical (unpaired) electrons. The molecule has 2 heterocycles. The van der Waals surface area contributed by atoms with Gasteiger partial charge in [0.1, 0.15) is 0 Å². The summed E-state index contributed by atoms with van der Waals surface area (Å²) in [5.41, 5.74) is 0.108. The normalized spacial score (nSPS) is 16.5. The predicted molar refractivity (Wildman–Crippen MR) is 77.1 cm³/mol. The maximum Gasteiger partial charge on any atom is 0.416 e. The topological polar surface area (TPSA) is 37.4 Å². The summed E-state index contributed by atoms with van der Waals surface area (Å²) in [6.45, 7) is 0.610. The van der Waals surface area contributed by atoms with E-state index in [1.807, 2.05) is 11.4 Å². The summed E-state index contributed by atoms with van der Waals surface area (Å²) in [6.07, 6.45) is -3.84. The highest BCUT2D eigenvalue weighted by Crippen LogP contribution is 2.31. The molecule has 0 saturated carbocycles. The molecule has 0 fully saturated rings. The fraction of sp³-hybridized carbons (Fsp3) is 0.286. The molecule has 0 aliphatic carbocycles. The largest absolute Gasteiger partial charge is 0.416 e. The van der Waals surface area contributed by atoms with Gasteiger partial charge in [-0.1, -0.05) is 0 Å². The summed E-state index contributed by atoms with van der Waals surface area (Å²) in [5.74, 6) is 0. The Morgan fingerprint density at radius 3 is 2.41 bits per heavy atom. The molecule has 0 atom stereocenters. The van der Waals surface area contributed by atoms with Crippen LogP contribution in [0, 0.1) is 0 Å². The van der Waals surface area contributed by atoms with Crippen molar-refractivity contribution in [1.82, 2.24) is 4.31 Å². The van der Waals surface area contributed by atoms with Gasteiger partial charge in [-0.05, 0) is 47.7 Å². The van der Waals surface area contributed by atoms with Gasteiger partial charge >= 0.3 is 6.18 Å². The number of fused-ring (bicyclic) bond motifs is 1. The molecule has 118 valence electrons. The van der Waals surface area contributed by atoms with Crippen LogP contribution in [0.1, 0.15) is 16.0 Å². The molecule has 0 saturated heterocycles. The molecule has 1 aromatic carbocycles. The summed E-state index contributed by atoms with van der Waals surface area (Å²) < 4.78 is 64.0. The van der Waals surface area contributed by atoms with Crippen LogP contribution in [0.15, 0.2) is 40.6 Å². The SMILES string of the molecule is O=S(=O)(c1ccc(C(F)(F)F)cc1)N1CCc2sccc2C1. The van der Waals surface area contributed by atoms with Gasteiger partial charge in [-0.2, -0.15) is 17.5 Å². The Morgan fingerprint density at radius 2 is 1.77 bits per heavy atom. The molecule has 22 heavy (non-hydrogen) atoms. The van der Waals surface area contributed by atoms with Crippen LogP contribution in [0.5, 0.6) is 0 Å². The zero-order valence-electron chi connectivity index (χ0n) is 11.3. The second kappa shape index (κ2) is 5.36. The first kappa shape index (κ1) is 15.5. The lowest BCUT2D eigenvalue weighted by atomic mass is 10.1. The molecule has 0 amide bonds. The van der Waals surface area contributed by atoms with Crippen LogP contribution < -0.4 is 0 Å². The van der Waals surface area contributed by atoms with Gasteiger partial charge in [0.05, 0.1) is 10.5 Å². The number of halogens is 3. The Kier molecular flexibility index (Phi) is 3.78. The maximum atomic E-state index is 12.5. The van der Waals surface area contributed by atoms with E-state index in [9.17, 15) is 21.6 Å². The molecule has 1 aromatic heterocycles. The summed E-state index contributed by atoms with van der Waals surface area (Å²) in [7, 11) is -3.77. The van der Waals surface area contributed by atoms with Gasteiger partial charge in [-0.15, -0.1) is 11.3 Å². The van der Waals surface area contributed by atoms with Crippen LogP contribution in [0.3, 0.4) is 0 Å². The third-order valence-electron chi connectivity index (χ3n) is 3.59. The maximum absolute atomic E-state index is 12.5. The van der Waals surface area contributed by atoms with E-state index in [2.05, 4.69) is 0 Å². The van der Waals surface area contributed by atoms with Crippen LogP contribution in [-0.4, -0.2) is 19.3 Å². The van der Waals surface area contributed by atoms with E-state index in [4.69, 9.17) is 0 Å². The summed E-state index contributed by atoms with van der Waals surface area (Å²) >= 11 is 1.59. The van der Waals surface area contributed by atoms with Gasteiger partial charge in [0.25, 0.3) is 0 Å². The third-order valence-corrected chi connectivity index (χ3v) is 6.47. The molecule has 1 aliphatic rings. The summed E-state index contributed by atoms with van der Waals surface area (Å²) in [5, 5.41) is 1.92. The molecule has 3 nitrogen and oxygen atoms in total. The van der Waals surface area contributed by atoms with E-state index in [0.717, 1.165) is 29.8 Å². The highest BCUT2D eigenvalue weighted by molar-refractivity contribution is 7.89. The number of sulfonamides is 1. The van der Waals surface area contributed by atoms with E-state index >= 15 is 0 Å². The van der Waals surface area contributed by atoms with E-state index in [1.54, 1.807) is 11.3 Å². The molecule has 1 aliphatic heterocycles. The van der Waals surface area contributed by atoms with E-state index in [1.165, 1.54) is 9.18 Å². The molecule has 8 heteroatoms. The lowest BCUT2D eigenvalue weighted by Crippen LogP contribution is -2.35. The molecule has 0 bridgehead atoms. The monoisotopic (exact) mass is 347 g/mol. The molecule has 0 unspecified atom stereocenters. The number of hydrogen-bond donors (Lipinski definition) is 0. The molecule has 0 spiro atoms. The molecular formula is C14H12F3NO2S2. The number of alkyl halides is 3. The first-order valence-corrected chi connectivity index (χ1v) is 8.83. The van der Waals surface area contributed by atoms with Crippen LogP contribution in [0.2, 0.25) is 0 Å². The predicted octanol–water partition coefficient (Wildman–Crippen LogP) is 3.51. The number of hydrogen-bond acceptors (Lipinski definition) is 3. The summed E-state index contributed by atoms with van der Waals surface area (Å²) in [4.78, 5) is 1.05. The Hall–Kier alpha value is -1.38. The van der Waals surface area contributed by atoms with Crippen molar-refractivity contribution in [3.63, 3.8) is 0 Å². The Morgan fingerprint density at radius 1 is 1.09 bits per heavy atom. The lowest BCUT2D eigenvalue weighted by Gasteiger charge is -2.26. The van der Waals surface area contributed by atoms with Crippen LogP contribution >= 0.6 is 11.3 Å². The van der Waals surface area contributed by atoms with Crippen molar-refractivity contribution in [3.05, 3.63) is 51.7 Å². The molecule has 3 rings (SSSR count). The first-order valence-electron chi connectivity index (χ1n) is 6.51. The van der Waals surface area contributed by atoms with E-state index in [0.29, 0.717) is 13.0 Å². The zero-order chi connectivity index (χ0) is 16.0. The van der Waals surface area contributed by atoms with Gasteiger partial charge < -0.3 is 0 Å². The van der Waals surface area contributed by atoms with Crippen molar-refractivity contribution in [1.29, 1.82) is 0 Å². The minimum absolute atomic E-state index is 0.112. The van der Waals surface area contributed by atoms with E-state index < -0.39 is 21.8 Å². The number of benzene rings is 1. The molecule has 2 aromatic rings. The highest BCUT2D eigenvalue weighted by atomic mass is 32.2. The van der Waals surface area contributed by atoms with Gasteiger partial charge in [-0.25, -0.2) is 8.42 Å². The van der Waals surface area contributed by atoms with Crippen molar-refractivity contribution < 1.29 is 21.6 Å². The van der Waals surface area contributed by atoms with Crippen molar-refractivity contribution in [2.75, 3.05) is 6.54 Å². The first-order chi connectivity index (χ1) is 10.3. The minimum atomic E-state index is -4.47. The Balaban J connectivity index is 1.88. The minimum Gasteiger partial charge on any atom is -0.207 e. The Labute approximate surface area is 130 Å². The second-order valence-electron chi connectivity index (χ2n) is 4.98. The van der Waals surface area contributed by atoms with Gasteiger partial charge in [-0.3, -0.25) is 0 Å². The second-order valence-corrected chi connectivity index (χ2v) is 7.92. The fourth-order valence-electron chi connectivity index (χ4n) is 2.39. The highest BCUT2D eigenvalue weighted by Gasteiger charge is 2.32. The number of thiophene rings is 1. The van der Waals surface area contributed by atoms with Crippen molar-refractivity contribution >= 4 is 21.4 Å². The van der Waals surface area contributed by atoms with Crippen molar-refractivity contribution in [2.45, 2.75) is 24.0 Å². The zero-order valence-corrected chi connectivity index (χ0v) is 12.9. The standard InChI is InChI=1S/C14H12F3NO2S2/c15-14(16,17)11-1-3-12(4-2-11)22(19,20)18-7-5-13-10(9-18)6-8-21-13/h1-4,6,8H,5,7,9H2. The molecular weight excluding hydrogens is 335 g/mol. The lowest BCUT2D eigenvalue weighted by molar-refractivity contribution is -0.137.